The fourth-order valence-corrected chi connectivity index (χ4v) is 3.17. The number of rotatable bonds is 4. The molecule has 27 heavy (non-hydrogen) atoms. The van der Waals surface area contributed by atoms with Crippen LogP contribution in [-0.4, -0.2) is 15.0 Å². The lowest BCUT2D eigenvalue weighted by Crippen LogP contribution is -2.13. The Morgan fingerprint density at radius 1 is 1.07 bits per heavy atom. The van der Waals surface area contributed by atoms with Gasteiger partial charge in [-0.05, 0) is 42.2 Å². The molecule has 0 aliphatic heterocycles. The van der Waals surface area contributed by atoms with Crippen molar-refractivity contribution in [2.45, 2.75) is 46.5 Å². The third-order valence-electron chi connectivity index (χ3n) is 4.56. The second-order valence-corrected chi connectivity index (χ2v) is 8.42. The van der Waals surface area contributed by atoms with Crippen molar-refractivity contribution < 1.29 is 0 Å². The Bertz CT molecular complexity index is 981. The molecule has 0 fully saturated rings. The molecule has 2 N–H and O–H groups in total. The predicted octanol–water partition coefficient (Wildman–Crippen LogP) is 5.27. The number of nitrogens with two attached hydrogens (primary N) is 1. The molecule has 0 amide bonds. The van der Waals surface area contributed by atoms with Crippen molar-refractivity contribution in [2.24, 2.45) is 5.92 Å². The van der Waals surface area contributed by atoms with Crippen LogP contribution < -0.4 is 5.73 Å². The van der Waals surface area contributed by atoms with Gasteiger partial charge in [0.25, 0.3) is 0 Å². The van der Waals surface area contributed by atoms with Crippen molar-refractivity contribution >= 4 is 28.9 Å². The Balaban J connectivity index is 2.09. The molecule has 3 rings (SSSR count). The number of nitrogens with zero attached hydrogens (tertiary/aromatic N) is 3. The van der Waals surface area contributed by atoms with Crippen molar-refractivity contribution in [3.05, 3.63) is 59.2 Å². The van der Waals surface area contributed by atoms with Gasteiger partial charge in [-0.3, -0.25) is 0 Å². The fourth-order valence-electron chi connectivity index (χ4n) is 3.17. The summed E-state index contributed by atoms with van der Waals surface area (Å²) in [7, 11) is 0. The monoisotopic (exact) mass is 360 g/mol. The molecule has 0 spiro atoms. The van der Waals surface area contributed by atoms with Crippen LogP contribution >= 0.6 is 0 Å². The highest BCUT2D eigenvalue weighted by atomic mass is 14.8. The summed E-state index contributed by atoms with van der Waals surface area (Å²) in [4.78, 5) is 13.4. The summed E-state index contributed by atoms with van der Waals surface area (Å²) in [5.41, 5.74) is 11.4. The highest BCUT2D eigenvalue weighted by Gasteiger charge is 2.16. The molecule has 0 bridgehead atoms. The summed E-state index contributed by atoms with van der Waals surface area (Å²) in [6, 6.07) is 10.2. The van der Waals surface area contributed by atoms with Crippen LogP contribution in [0.3, 0.4) is 0 Å². The molecular formula is C23H28N4. The van der Waals surface area contributed by atoms with E-state index in [9.17, 15) is 0 Å². The molecule has 0 saturated heterocycles. The number of benzene rings is 1. The van der Waals surface area contributed by atoms with E-state index in [0.29, 0.717) is 11.7 Å². The van der Waals surface area contributed by atoms with Crippen molar-refractivity contribution in [1.29, 1.82) is 0 Å². The van der Waals surface area contributed by atoms with Crippen LogP contribution in [0.1, 0.15) is 57.1 Å². The summed E-state index contributed by atoms with van der Waals surface area (Å²) in [5, 5.41) is 1.16. The summed E-state index contributed by atoms with van der Waals surface area (Å²) in [6.07, 6.45) is 6.62. The van der Waals surface area contributed by atoms with Gasteiger partial charge in [0.05, 0.1) is 11.2 Å². The molecule has 3 aromatic rings. The Kier molecular flexibility index (Phi) is 5.26. The molecule has 4 nitrogen and oxygen atoms in total. The Morgan fingerprint density at radius 3 is 2.52 bits per heavy atom. The number of anilines is 1. The highest BCUT2D eigenvalue weighted by Crippen LogP contribution is 2.29. The van der Waals surface area contributed by atoms with Crippen LogP contribution in [0.4, 0.5) is 5.82 Å². The van der Waals surface area contributed by atoms with Gasteiger partial charge >= 0.3 is 0 Å². The van der Waals surface area contributed by atoms with E-state index in [-0.39, 0.29) is 5.41 Å². The molecule has 0 radical (unpaired) electrons. The Hall–Kier alpha value is -2.75. The van der Waals surface area contributed by atoms with E-state index in [0.717, 1.165) is 34.3 Å². The lowest BCUT2D eigenvalue weighted by molar-refractivity contribution is 0.566. The first-order chi connectivity index (χ1) is 12.8. The second-order valence-electron chi connectivity index (χ2n) is 8.42. The van der Waals surface area contributed by atoms with Gasteiger partial charge < -0.3 is 5.73 Å². The van der Waals surface area contributed by atoms with Crippen molar-refractivity contribution in [1.82, 2.24) is 15.0 Å². The first kappa shape index (κ1) is 19.0. The normalized spacial score (nSPS) is 12.4. The van der Waals surface area contributed by atoms with Crippen molar-refractivity contribution in [3.63, 3.8) is 0 Å². The SMILES string of the molecule is CC(C)Cc1c(C=Cc2cc(C(C)(C)C)ncn2)c(N)nc2ccccc12. The predicted molar refractivity (Wildman–Crippen MR) is 114 cm³/mol. The summed E-state index contributed by atoms with van der Waals surface area (Å²) in [6.45, 7) is 10.9. The number of hydrogen-bond donors (Lipinski definition) is 1. The number of fused-ring (bicyclic) bond motifs is 1. The number of nitrogen functional groups attached to an aromatic ring is 1. The molecule has 0 saturated carbocycles. The zero-order valence-electron chi connectivity index (χ0n) is 16.8. The Morgan fingerprint density at radius 2 is 1.81 bits per heavy atom. The lowest BCUT2D eigenvalue weighted by Gasteiger charge is -2.17. The summed E-state index contributed by atoms with van der Waals surface area (Å²) < 4.78 is 0. The van der Waals surface area contributed by atoms with Gasteiger partial charge in [-0.1, -0.05) is 52.8 Å². The molecule has 2 aromatic heterocycles. The zero-order chi connectivity index (χ0) is 19.6. The minimum Gasteiger partial charge on any atom is -0.383 e. The number of para-hydroxylation sites is 1. The minimum atomic E-state index is -0.0160. The van der Waals surface area contributed by atoms with Crippen molar-refractivity contribution in [3.8, 4) is 0 Å². The minimum absolute atomic E-state index is 0.0160. The first-order valence-electron chi connectivity index (χ1n) is 9.43. The van der Waals surface area contributed by atoms with E-state index in [1.807, 2.05) is 30.4 Å². The molecule has 0 unspecified atom stereocenters. The van der Waals surface area contributed by atoms with E-state index in [4.69, 9.17) is 5.73 Å². The fraction of sp³-hybridized carbons (Fsp3) is 0.348. The maximum Gasteiger partial charge on any atom is 0.131 e. The molecule has 140 valence electrons. The third-order valence-corrected chi connectivity index (χ3v) is 4.56. The van der Waals surface area contributed by atoms with Gasteiger partial charge in [0.1, 0.15) is 12.1 Å². The first-order valence-corrected chi connectivity index (χ1v) is 9.43. The third kappa shape index (κ3) is 4.33. The van der Waals surface area contributed by atoms with Crippen LogP contribution in [-0.2, 0) is 11.8 Å². The maximum atomic E-state index is 6.33. The molecule has 0 atom stereocenters. The molecule has 0 aliphatic rings. The topological polar surface area (TPSA) is 64.7 Å². The van der Waals surface area contributed by atoms with Crippen LogP contribution in [0, 0.1) is 5.92 Å². The van der Waals surface area contributed by atoms with Crippen LogP contribution in [0.2, 0.25) is 0 Å². The number of pyridine rings is 1. The van der Waals surface area contributed by atoms with Gasteiger partial charge in [-0.2, -0.15) is 0 Å². The van der Waals surface area contributed by atoms with Crippen molar-refractivity contribution in [2.75, 3.05) is 5.73 Å². The quantitative estimate of drug-likeness (QED) is 0.688. The maximum absolute atomic E-state index is 6.33. The second kappa shape index (κ2) is 7.47. The van der Waals surface area contributed by atoms with Crippen LogP contribution in [0.15, 0.2) is 36.7 Å². The highest BCUT2D eigenvalue weighted by molar-refractivity contribution is 5.90. The van der Waals surface area contributed by atoms with Gasteiger partial charge in [-0.25, -0.2) is 15.0 Å². The molecule has 2 heterocycles. The van der Waals surface area contributed by atoms with E-state index in [1.165, 1.54) is 5.56 Å². The molecule has 4 heteroatoms. The van der Waals surface area contributed by atoms with Gasteiger partial charge in [0, 0.05) is 22.1 Å². The van der Waals surface area contributed by atoms with Gasteiger partial charge in [0.15, 0.2) is 0 Å². The molecular weight excluding hydrogens is 332 g/mol. The molecule has 0 aliphatic carbocycles. The number of aromatic nitrogens is 3. The summed E-state index contributed by atoms with van der Waals surface area (Å²) >= 11 is 0. The summed E-state index contributed by atoms with van der Waals surface area (Å²) in [5.74, 6) is 1.08. The van der Waals surface area contributed by atoms with E-state index in [2.05, 4.69) is 61.7 Å². The average molecular weight is 361 g/mol. The van der Waals surface area contributed by atoms with Gasteiger partial charge in [0.2, 0.25) is 0 Å². The average Bonchev–Trinajstić information content (AvgIpc) is 2.60. The van der Waals surface area contributed by atoms with E-state index in [1.54, 1.807) is 6.33 Å². The van der Waals surface area contributed by atoms with E-state index < -0.39 is 0 Å². The van der Waals surface area contributed by atoms with Gasteiger partial charge in [-0.15, -0.1) is 0 Å². The van der Waals surface area contributed by atoms with Crippen LogP contribution in [0.25, 0.3) is 23.1 Å². The van der Waals surface area contributed by atoms with E-state index >= 15 is 0 Å². The standard InChI is InChI=1S/C23H28N4/c1-15(2)12-19-17-8-6-7-9-20(17)27-22(24)18(19)11-10-16-13-21(23(3,4)5)26-14-25-16/h6-11,13-15H,12H2,1-5H3,(H2,24,27). The van der Waals surface area contributed by atoms with Crippen LogP contribution in [0.5, 0.6) is 0 Å². The lowest BCUT2D eigenvalue weighted by atomic mass is 9.91. The largest absolute Gasteiger partial charge is 0.383 e. The number of hydrogen-bond acceptors (Lipinski definition) is 4. The Labute approximate surface area is 161 Å². The molecule has 1 aromatic carbocycles. The zero-order valence-corrected chi connectivity index (χ0v) is 16.8. The smallest absolute Gasteiger partial charge is 0.131 e.